The smallest absolute Gasteiger partial charge is 0.239 e. The van der Waals surface area contributed by atoms with Crippen molar-refractivity contribution in [3.8, 4) is 12.5 Å². The zero-order chi connectivity index (χ0) is 19.3. The van der Waals surface area contributed by atoms with E-state index in [9.17, 15) is 18.0 Å². The molecule has 1 amide bonds. The average molecular weight is 362 g/mol. The summed E-state index contributed by atoms with van der Waals surface area (Å²) in [5, 5.41) is 8.70. The summed E-state index contributed by atoms with van der Waals surface area (Å²) < 4.78 is 44.8. The SMILES string of the molecule is C#CNNC(=O)CC(C)CC(=C/C)/C(F)=C\COCC(F)(CO)CF. The number of aliphatic hydroxyl groups excluding tert-OH is 1. The molecular weight excluding hydrogens is 337 g/mol. The first-order valence-electron chi connectivity index (χ1n) is 7.76. The van der Waals surface area contributed by atoms with Crippen LogP contribution >= 0.6 is 0 Å². The van der Waals surface area contributed by atoms with E-state index in [2.05, 4.69) is 10.9 Å². The van der Waals surface area contributed by atoms with Crippen LogP contribution in [0.25, 0.3) is 0 Å². The molecule has 0 fully saturated rings. The number of rotatable bonds is 12. The van der Waals surface area contributed by atoms with Crippen LogP contribution in [-0.2, 0) is 9.53 Å². The van der Waals surface area contributed by atoms with Gasteiger partial charge in [-0.25, -0.2) is 13.2 Å². The molecule has 0 aromatic heterocycles. The highest BCUT2D eigenvalue weighted by Gasteiger charge is 2.29. The lowest BCUT2D eigenvalue weighted by molar-refractivity contribution is -0.122. The van der Waals surface area contributed by atoms with Gasteiger partial charge in [-0.1, -0.05) is 19.4 Å². The summed E-state index contributed by atoms with van der Waals surface area (Å²) in [6, 6.07) is 2.05. The number of ether oxygens (including phenoxy) is 1. The molecule has 25 heavy (non-hydrogen) atoms. The van der Waals surface area contributed by atoms with Gasteiger partial charge in [0, 0.05) is 12.5 Å². The summed E-state index contributed by atoms with van der Waals surface area (Å²) >= 11 is 0. The predicted molar refractivity (Wildman–Crippen MR) is 89.2 cm³/mol. The fourth-order valence-corrected chi connectivity index (χ4v) is 1.91. The number of nitrogens with one attached hydrogen (secondary N) is 2. The van der Waals surface area contributed by atoms with Crippen LogP contribution in [0.15, 0.2) is 23.6 Å². The van der Waals surface area contributed by atoms with E-state index >= 15 is 0 Å². The molecule has 142 valence electrons. The van der Waals surface area contributed by atoms with Gasteiger partial charge in [0.25, 0.3) is 0 Å². The molecule has 0 aromatic rings. The quantitative estimate of drug-likeness (QED) is 0.163. The highest BCUT2D eigenvalue weighted by atomic mass is 19.2. The molecule has 5 nitrogen and oxygen atoms in total. The number of terminal acetylenes is 1. The van der Waals surface area contributed by atoms with Crippen LogP contribution in [0.4, 0.5) is 13.2 Å². The number of hydrogen-bond donors (Lipinski definition) is 3. The lowest BCUT2D eigenvalue weighted by Crippen LogP contribution is -2.36. The number of halogens is 3. The average Bonchev–Trinajstić information content (AvgIpc) is 2.60. The van der Waals surface area contributed by atoms with Gasteiger partial charge in [-0.05, 0) is 30.9 Å². The van der Waals surface area contributed by atoms with Crippen molar-refractivity contribution < 1.29 is 27.8 Å². The van der Waals surface area contributed by atoms with Crippen molar-refractivity contribution >= 4 is 5.91 Å². The predicted octanol–water partition coefficient (Wildman–Crippen LogP) is 2.10. The second kappa shape index (κ2) is 12.4. The highest BCUT2D eigenvalue weighted by molar-refractivity contribution is 5.75. The number of alkyl halides is 2. The topological polar surface area (TPSA) is 70.6 Å². The molecule has 2 unspecified atom stereocenters. The molecule has 0 aliphatic rings. The van der Waals surface area contributed by atoms with Crippen LogP contribution in [0.2, 0.25) is 0 Å². The van der Waals surface area contributed by atoms with E-state index in [-0.39, 0.29) is 24.9 Å². The Hall–Kier alpha value is -1.98. The highest BCUT2D eigenvalue weighted by Crippen LogP contribution is 2.22. The summed E-state index contributed by atoms with van der Waals surface area (Å²) in [5.74, 6) is -1.03. The van der Waals surface area contributed by atoms with Gasteiger partial charge in [-0.15, -0.1) is 0 Å². The standard InChI is InChI=1S/C17H25F3N2O3/c1-4-14(8-13(3)9-16(24)22-21-5-2)15(19)6-7-25-12-17(20,10-18)11-23/h2,4,6,13,21,23H,7-12H2,1,3H3,(H,22,24)/b14-4-,15-6+. The first-order chi connectivity index (χ1) is 11.8. The fraction of sp³-hybridized carbons (Fsp3) is 0.588. The Morgan fingerprint density at radius 1 is 1.48 bits per heavy atom. The third-order valence-electron chi connectivity index (χ3n) is 3.30. The van der Waals surface area contributed by atoms with Gasteiger partial charge in [0.15, 0.2) is 5.67 Å². The maximum atomic E-state index is 14.1. The van der Waals surface area contributed by atoms with Gasteiger partial charge >= 0.3 is 0 Å². The first kappa shape index (κ1) is 23.0. The van der Waals surface area contributed by atoms with E-state index in [4.69, 9.17) is 16.3 Å². The summed E-state index contributed by atoms with van der Waals surface area (Å²) in [5.41, 5.74) is 2.43. The molecule has 0 aliphatic carbocycles. The summed E-state index contributed by atoms with van der Waals surface area (Å²) in [4.78, 5) is 11.5. The van der Waals surface area contributed by atoms with E-state index in [1.54, 1.807) is 19.9 Å². The van der Waals surface area contributed by atoms with Crippen LogP contribution in [0.1, 0.15) is 26.7 Å². The molecule has 0 rings (SSSR count). The minimum absolute atomic E-state index is 0.146. The molecule has 0 heterocycles. The zero-order valence-corrected chi connectivity index (χ0v) is 14.4. The van der Waals surface area contributed by atoms with Crippen molar-refractivity contribution in [1.82, 2.24) is 10.9 Å². The van der Waals surface area contributed by atoms with Crippen molar-refractivity contribution in [2.45, 2.75) is 32.4 Å². The first-order valence-corrected chi connectivity index (χ1v) is 7.76. The van der Waals surface area contributed by atoms with E-state index in [0.717, 1.165) is 6.08 Å². The van der Waals surface area contributed by atoms with Gasteiger partial charge in [0.2, 0.25) is 5.91 Å². The maximum absolute atomic E-state index is 14.1. The van der Waals surface area contributed by atoms with Gasteiger partial charge < -0.3 is 9.84 Å². The van der Waals surface area contributed by atoms with Crippen LogP contribution in [0, 0.1) is 18.4 Å². The Morgan fingerprint density at radius 3 is 2.68 bits per heavy atom. The third kappa shape index (κ3) is 9.79. The molecule has 0 bridgehead atoms. The minimum atomic E-state index is -2.47. The maximum Gasteiger partial charge on any atom is 0.239 e. The van der Waals surface area contributed by atoms with Crippen LogP contribution in [-0.4, -0.2) is 43.2 Å². The molecule has 2 atom stereocenters. The van der Waals surface area contributed by atoms with Crippen LogP contribution in [0.3, 0.4) is 0 Å². The minimum Gasteiger partial charge on any atom is -0.393 e. The lowest BCUT2D eigenvalue weighted by Gasteiger charge is -2.18. The molecule has 0 aliphatic heterocycles. The summed E-state index contributed by atoms with van der Waals surface area (Å²) in [6.45, 7) is 0.0950. The molecule has 3 N–H and O–H groups in total. The van der Waals surface area contributed by atoms with E-state index in [1.807, 2.05) is 6.04 Å². The third-order valence-corrected chi connectivity index (χ3v) is 3.30. The number of hydrazine groups is 1. The van der Waals surface area contributed by atoms with Crippen molar-refractivity contribution in [3.63, 3.8) is 0 Å². The van der Waals surface area contributed by atoms with E-state index in [1.165, 1.54) is 0 Å². The fourth-order valence-electron chi connectivity index (χ4n) is 1.91. The normalized spacial score (nSPS) is 15.9. The molecule has 0 aromatic carbocycles. The molecule has 0 radical (unpaired) electrons. The van der Waals surface area contributed by atoms with Crippen LogP contribution in [0.5, 0.6) is 0 Å². The number of hydrogen-bond acceptors (Lipinski definition) is 4. The van der Waals surface area contributed by atoms with Gasteiger partial charge in [-0.3, -0.25) is 15.6 Å². The summed E-state index contributed by atoms with van der Waals surface area (Å²) in [7, 11) is 0. The number of amides is 1. The Kier molecular flexibility index (Phi) is 11.4. The van der Waals surface area contributed by atoms with Crippen molar-refractivity contribution in [1.29, 1.82) is 0 Å². The number of carbonyl (C=O) groups is 1. The van der Waals surface area contributed by atoms with Gasteiger partial charge in [0.05, 0.1) is 19.8 Å². The lowest BCUT2D eigenvalue weighted by atomic mass is 9.96. The number of carbonyl (C=O) groups excluding carboxylic acids is 1. The second-order valence-corrected chi connectivity index (χ2v) is 5.65. The zero-order valence-electron chi connectivity index (χ0n) is 14.4. The Labute approximate surface area is 146 Å². The Morgan fingerprint density at radius 2 is 2.16 bits per heavy atom. The van der Waals surface area contributed by atoms with Gasteiger partial charge in [0.1, 0.15) is 12.5 Å². The molecular formula is C17H25F3N2O3. The largest absolute Gasteiger partial charge is 0.393 e. The van der Waals surface area contributed by atoms with Crippen molar-refractivity contribution in [2.75, 3.05) is 26.5 Å². The molecule has 0 spiro atoms. The van der Waals surface area contributed by atoms with Crippen molar-refractivity contribution in [3.05, 3.63) is 23.6 Å². The molecule has 0 saturated heterocycles. The monoisotopic (exact) mass is 362 g/mol. The van der Waals surface area contributed by atoms with E-state index < -0.39 is 31.4 Å². The van der Waals surface area contributed by atoms with Gasteiger partial charge in [-0.2, -0.15) is 0 Å². The number of aliphatic hydroxyl groups is 1. The van der Waals surface area contributed by atoms with Crippen LogP contribution < -0.4 is 10.9 Å². The second-order valence-electron chi connectivity index (χ2n) is 5.65. The molecule has 8 heteroatoms. The summed E-state index contributed by atoms with van der Waals surface area (Å²) in [6.07, 6.45) is 8.05. The molecule has 0 saturated carbocycles. The number of allylic oxidation sites excluding steroid dienone is 3. The van der Waals surface area contributed by atoms with Crippen molar-refractivity contribution in [2.24, 2.45) is 5.92 Å². The Balaban J connectivity index is 4.44. The Bertz CT molecular complexity index is 512. The van der Waals surface area contributed by atoms with E-state index in [0.29, 0.717) is 12.0 Å².